The molecule has 0 atom stereocenters. The van der Waals surface area contributed by atoms with E-state index in [0.29, 0.717) is 17.4 Å². The van der Waals surface area contributed by atoms with E-state index in [9.17, 15) is 0 Å². The van der Waals surface area contributed by atoms with Crippen molar-refractivity contribution in [1.82, 2.24) is 0 Å². The van der Waals surface area contributed by atoms with Crippen LogP contribution in [0.4, 0.5) is 0 Å². The van der Waals surface area contributed by atoms with E-state index in [2.05, 4.69) is 60.9 Å². The van der Waals surface area contributed by atoms with E-state index in [1.165, 1.54) is 0 Å². The average molecular weight is 461 g/mol. The van der Waals surface area contributed by atoms with Gasteiger partial charge in [0.1, 0.15) is 0 Å². The Morgan fingerprint density at radius 2 is 1.06 bits per heavy atom. The van der Waals surface area contributed by atoms with Gasteiger partial charge in [0.2, 0.25) is 11.4 Å². The zero-order valence-corrected chi connectivity index (χ0v) is 20.9. The summed E-state index contributed by atoms with van der Waals surface area (Å²) in [5, 5.41) is 0. The molecule has 5 heteroatoms. The highest BCUT2D eigenvalue weighted by molar-refractivity contribution is 5.71. The maximum atomic E-state index is 5.44. The third-order valence-corrected chi connectivity index (χ3v) is 5.41. The van der Waals surface area contributed by atoms with Gasteiger partial charge in [-0.3, -0.25) is 0 Å². The van der Waals surface area contributed by atoms with Gasteiger partial charge < -0.3 is 18.9 Å². The molecule has 0 bridgehead atoms. The third-order valence-electron chi connectivity index (χ3n) is 5.41. The van der Waals surface area contributed by atoms with Crippen LogP contribution in [0.5, 0.6) is 23.0 Å². The minimum absolute atomic E-state index is 0.494. The average Bonchev–Trinajstić information content (AvgIpc) is 2.86. The van der Waals surface area contributed by atoms with E-state index in [1.807, 2.05) is 36.4 Å². The Kier molecular flexibility index (Phi) is 8.74. The van der Waals surface area contributed by atoms with Crippen molar-refractivity contribution >= 4 is 24.3 Å². The van der Waals surface area contributed by atoms with Gasteiger partial charge in [0, 0.05) is 30.2 Å². The molecule has 1 aromatic heterocycles. The molecule has 3 rings (SSSR count). The van der Waals surface area contributed by atoms with Gasteiger partial charge in [-0.1, -0.05) is 26.0 Å². The number of pyridine rings is 1. The Morgan fingerprint density at radius 1 is 0.618 bits per heavy atom. The fourth-order valence-corrected chi connectivity index (χ4v) is 3.72. The summed E-state index contributed by atoms with van der Waals surface area (Å²) in [6.07, 6.45) is 8.46. The zero-order chi connectivity index (χ0) is 24.5. The molecular weight excluding hydrogens is 426 g/mol. The van der Waals surface area contributed by atoms with Crippen molar-refractivity contribution in [3.05, 3.63) is 77.1 Å². The van der Waals surface area contributed by atoms with Gasteiger partial charge in [0.15, 0.2) is 29.5 Å². The molecule has 2 aromatic carbocycles. The lowest BCUT2D eigenvalue weighted by atomic mass is 10.1. The molecule has 34 heavy (non-hydrogen) atoms. The van der Waals surface area contributed by atoms with E-state index >= 15 is 0 Å². The molecule has 0 amide bonds. The van der Waals surface area contributed by atoms with Crippen LogP contribution in [0.3, 0.4) is 0 Å². The topological polar surface area (TPSA) is 40.8 Å². The van der Waals surface area contributed by atoms with Crippen LogP contribution in [0.1, 0.15) is 36.4 Å². The predicted octanol–water partition coefficient (Wildman–Crippen LogP) is 6.01. The van der Waals surface area contributed by atoms with Crippen molar-refractivity contribution in [2.45, 2.75) is 20.4 Å². The summed E-state index contributed by atoms with van der Waals surface area (Å²) in [6, 6.07) is 18.2. The van der Waals surface area contributed by atoms with Crippen LogP contribution in [-0.2, 0) is 6.54 Å². The van der Waals surface area contributed by atoms with Gasteiger partial charge in [0.05, 0.1) is 28.4 Å². The lowest BCUT2D eigenvalue weighted by molar-refractivity contribution is -0.705. The maximum Gasteiger partial charge on any atom is 0.205 e. The first-order valence-electron chi connectivity index (χ1n) is 11.3. The molecule has 3 aromatic rings. The van der Waals surface area contributed by atoms with Crippen molar-refractivity contribution < 1.29 is 23.5 Å². The standard InChI is InChI=1S/C29H34NO4/c1-21(2)20-30-24(14-10-22-12-16-26(31-3)28(18-22)33-5)8-7-9-25(30)15-11-23-13-17-27(32-4)29(19-23)34-6/h7-19,21H,20H2,1-6H3/q+1/b14-10+,15-11+. The minimum atomic E-state index is 0.494. The molecule has 178 valence electrons. The number of hydrogen-bond donors (Lipinski definition) is 0. The number of aromatic nitrogens is 1. The number of rotatable bonds is 10. The fourth-order valence-electron chi connectivity index (χ4n) is 3.72. The Bertz CT molecular complexity index is 1080. The first-order valence-corrected chi connectivity index (χ1v) is 11.3. The minimum Gasteiger partial charge on any atom is -0.493 e. The monoisotopic (exact) mass is 460 g/mol. The highest BCUT2D eigenvalue weighted by Crippen LogP contribution is 2.29. The van der Waals surface area contributed by atoms with Gasteiger partial charge >= 0.3 is 0 Å². The van der Waals surface area contributed by atoms with Gasteiger partial charge in [-0.2, -0.15) is 4.57 Å². The van der Waals surface area contributed by atoms with Crippen molar-refractivity contribution in [3.63, 3.8) is 0 Å². The molecule has 5 nitrogen and oxygen atoms in total. The van der Waals surface area contributed by atoms with Crippen LogP contribution in [0, 0.1) is 5.92 Å². The van der Waals surface area contributed by atoms with Gasteiger partial charge in [-0.15, -0.1) is 0 Å². The highest BCUT2D eigenvalue weighted by atomic mass is 16.5. The van der Waals surface area contributed by atoms with E-state index in [1.54, 1.807) is 28.4 Å². The lowest BCUT2D eigenvalue weighted by Gasteiger charge is -2.09. The number of nitrogens with zero attached hydrogens (tertiary/aromatic N) is 1. The number of methoxy groups -OCH3 is 4. The molecule has 0 N–H and O–H groups in total. The molecule has 0 saturated carbocycles. The van der Waals surface area contributed by atoms with Crippen LogP contribution < -0.4 is 23.5 Å². The molecule has 1 heterocycles. The summed E-state index contributed by atoms with van der Waals surface area (Å²) < 4.78 is 23.9. The molecule has 0 aliphatic rings. The van der Waals surface area contributed by atoms with Crippen molar-refractivity contribution in [2.75, 3.05) is 28.4 Å². The van der Waals surface area contributed by atoms with E-state index in [-0.39, 0.29) is 0 Å². The summed E-state index contributed by atoms with van der Waals surface area (Å²) in [7, 11) is 6.58. The quantitative estimate of drug-likeness (QED) is 0.348. The third kappa shape index (κ3) is 6.19. The van der Waals surface area contributed by atoms with Gasteiger partial charge in [-0.05, 0) is 53.6 Å². The van der Waals surface area contributed by atoms with Gasteiger partial charge in [-0.25, -0.2) is 0 Å². The lowest BCUT2D eigenvalue weighted by Crippen LogP contribution is -2.42. The summed E-state index contributed by atoms with van der Waals surface area (Å²) in [6.45, 7) is 5.35. The first-order chi connectivity index (χ1) is 16.5. The Morgan fingerprint density at radius 3 is 1.44 bits per heavy atom. The number of hydrogen-bond acceptors (Lipinski definition) is 4. The molecular formula is C29H34NO4+. The van der Waals surface area contributed by atoms with Crippen LogP contribution in [-0.4, -0.2) is 28.4 Å². The van der Waals surface area contributed by atoms with Crippen LogP contribution in [0.15, 0.2) is 54.6 Å². The van der Waals surface area contributed by atoms with Gasteiger partial charge in [0.25, 0.3) is 0 Å². The van der Waals surface area contributed by atoms with E-state index in [0.717, 1.165) is 40.6 Å². The largest absolute Gasteiger partial charge is 0.493 e. The fraction of sp³-hybridized carbons (Fsp3) is 0.276. The first kappa shape index (κ1) is 24.9. The second-order valence-electron chi connectivity index (χ2n) is 8.28. The smallest absolute Gasteiger partial charge is 0.205 e. The predicted molar refractivity (Wildman–Crippen MR) is 138 cm³/mol. The van der Waals surface area contributed by atoms with Crippen molar-refractivity contribution in [2.24, 2.45) is 5.92 Å². The second-order valence-corrected chi connectivity index (χ2v) is 8.28. The zero-order valence-electron chi connectivity index (χ0n) is 20.9. The van der Waals surface area contributed by atoms with E-state index < -0.39 is 0 Å². The Hall–Kier alpha value is -3.73. The number of ether oxygens (including phenoxy) is 4. The summed E-state index contributed by atoms with van der Waals surface area (Å²) in [5.74, 6) is 3.36. The van der Waals surface area contributed by atoms with Crippen LogP contribution in [0.2, 0.25) is 0 Å². The Labute approximate surface area is 202 Å². The van der Waals surface area contributed by atoms with Crippen molar-refractivity contribution in [3.8, 4) is 23.0 Å². The van der Waals surface area contributed by atoms with Crippen LogP contribution in [0.25, 0.3) is 24.3 Å². The molecule has 0 unspecified atom stereocenters. The SMILES string of the molecule is COc1ccc(/C=C/c2cccc(/C=C/c3ccc(OC)c(OC)c3)[n+]2CC(C)C)cc1OC. The molecule has 0 aliphatic carbocycles. The normalized spacial score (nSPS) is 11.4. The van der Waals surface area contributed by atoms with E-state index in [4.69, 9.17) is 18.9 Å². The Balaban J connectivity index is 1.94. The maximum absolute atomic E-state index is 5.44. The van der Waals surface area contributed by atoms with Crippen LogP contribution >= 0.6 is 0 Å². The molecule has 0 spiro atoms. The highest BCUT2D eigenvalue weighted by Gasteiger charge is 2.15. The summed E-state index contributed by atoms with van der Waals surface area (Å²) in [5.41, 5.74) is 4.33. The molecule has 0 aliphatic heterocycles. The molecule has 0 fully saturated rings. The summed E-state index contributed by atoms with van der Waals surface area (Å²) in [4.78, 5) is 0. The molecule has 0 radical (unpaired) electrons. The second kappa shape index (κ2) is 11.9. The number of benzene rings is 2. The summed E-state index contributed by atoms with van der Waals surface area (Å²) >= 11 is 0. The molecule has 0 saturated heterocycles. The van der Waals surface area contributed by atoms with Crippen molar-refractivity contribution in [1.29, 1.82) is 0 Å².